The number of allylic oxidation sites excluding steroid dienone is 1. The number of nitrogens with zero attached hydrogens (tertiary/aromatic N) is 2. The first-order valence-electron chi connectivity index (χ1n) is 7.53. The average molecular weight is 306 g/mol. The van der Waals surface area contributed by atoms with Crippen molar-refractivity contribution in [2.45, 2.75) is 13.3 Å². The van der Waals surface area contributed by atoms with Crippen LogP contribution in [0.3, 0.4) is 0 Å². The highest BCUT2D eigenvalue weighted by molar-refractivity contribution is 6.18. The van der Waals surface area contributed by atoms with E-state index in [9.17, 15) is 9.59 Å². The second kappa shape index (κ2) is 6.08. The van der Waals surface area contributed by atoms with Crippen molar-refractivity contribution in [3.05, 3.63) is 60.2 Å². The zero-order valence-electron chi connectivity index (χ0n) is 13.2. The highest BCUT2D eigenvalue weighted by atomic mass is 16.2. The number of hydrogen-bond acceptors (Lipinski definition) is 2. The first kappa shape index (κ1) is 15.0. The minimum absolute atomic E-state index is 0.140. The molecule has 0 aliphatic carbocycles. The van der Waals surface area contributed by atoms with Crippen LogP contribution in [-0.4, -0.2) is 18.9 Å². The van der Waals surface area contributed by atoms with Gasteiger partial charge in [0.2, 0.25) is 11.8 Å². The van der Waals surface area contributed by atoms with E-state index in [4.69, 9.17) is 0 Å². The Morgan fingerprint density at radius 2 is 1.70 bits per heavy atom. The molecule has 2 amide bonds. The number of amides is 2. The van der Waals surface area contributed by atoms with E-state index in [1.165, 1.54) is 0 Å². The largest absolute Gasteiger partial charge is 0.313 e. The summed E-state index contributed by atoms with van der Waals surface area (Å²) in [5.74, 6) is -0.419. The Labute approximate surface area is 135 Å². The van der Waals surface area contributed by atoms with Gasteiger partial charge in [-0.1, -0.05) is 36.4 Å². The lowest BCUT2D eigenvalue weighted by Gasteiger charge is -2.24. The third-order valence-corrected chi connectivity index (χ3v) is 3.90. The molecule has 23 heavy (non-hydrogen) atoms. The van der Waals surface area contributed by atoms with Gasteiger partial charge < -0.3 is 4.90 Å². The number of benzene rings is 2. The van der Waals surface area contributed by atoms with Crippen molar-refractivity contribution in [1.82, 2.24) is 0 Å². The quantitative estimate of drug-likeness (QED) is 0.793. The van der Waals surface area contributed by atoms with E-state index in [1.807, 2.05) is 67.6 Å². The number of anilines is 3. The van der Waals surface area contributed by atoms with Crippen LogP contribution in [-0.2, 0) is 9.59 Å². The molecule has 3 rings (SSSR count). The molecule has 1 aliphatic heterocycles. The zero-order valence-corrected chi connectivity index (χ0v) is 13.2. The maximum Gasteiger partial charge on any atom is 0.241 e. The van der Waals surface area contributed by atoms with Gasteiger partial charge in [0.25, 0.3) is 0 Å². The predicted molar refractivity (Wildman–Crippen MR) is 92.8 cm³/mol. The minimum Gasteiger partial charge on any atom is -0.313 e. The van der Waals surface area contributed by atoms with E-state index in [1.54, 1.807) is 16.8 Å². The summed E-state index contributed by atoms with van der Waals surface area (Å²) in [6, 6.07) is 15.2. The Balaban J connectivity index is 2.23. The lowest BCUT2D eigenvalue weighted by Crippen LogP contribution is -2.28. The molecule has 0 saturated heterocycles. The molecule has 0 radical (unpaired) electrons. The molecule has 1 aliphatic rings. The lowest BCUT2D eigenvalue weighted by atomic mass is 10.1. The van der Waals surface area contributed by atoms with Crippen LogP contribution in [0.2, 0.25) is 0 Å². The monoisotopic (exact) mass is 306 g/mol. The van der Waals surface area contributed by atoms with Crippen LogP contribution in [0.1, 0.15) is 18.9 Å². The van der Waals surface area contributed by atoms with E-state index in [0.717, 1.165) is 22.6 Å². The van der Waals surface area contributed by atoms with Gasteiger partial charge in [0.15, 0.2) is 0 Å². The van der Waals surface area contributed by atoms with Crippen LogP contribution < -0.4 is 9.80 Å². The van der Waals surface area contributed by atoms with Crippen molar-refractivity contribution in [1.29, 1.82) is 0 Å². The standard InChI is InChI=1S/C19H18N2O2/c1-3-7-14-10-11-16-17(12-14)21(15-8-5-4-6-9-15)19(23)13-18(22)20(16)2/h3-12H,13H2,1-2H3. The summed E-state index contributed by atoms with van der Waals surface area (Å²) < 4.78 is 0. The third-order valence-electron chi connectivity index (χ3n) is 3.90. The molecular weight excluding hydrogens is 288 g/mol. The molecule has 0 N–H and O–H groups in total. The Bertz CT molecular complexity index is 781. The summed E-state index contributed by atoms with van der Waals surface area (Å²) in [4.78, 5) is 28.1. The summed E-state index contributed by atoms with van der Waals surface area (Å²) in [7, 11) is 1.71. The number of para-hydroxylation sites is 1. The second-order valence-corrected chi connectivity index (χ2v) is 5.44. The normalized spacial score (nSPS) is 15.0. The summed E-state index contributed by atoms with van der Waals surface area (Å²) in [5.41, 5.74) is 3.21. The Hall–Kier alpha value is -2.88. The van der Waals surface area contributed by atoms with Gasteiger partial charge in [-0.15, -0.1) is 0 Å². The Morgan fingerprint density at radius 1 is 0.957 bits per heavy atom. The summed E-state index contributed by atoms with van der Waals surface area (Å²) >= 11 is 0. The minimum atomic E-state index is -0.218. The molecule has 4 nitrogen and oxygen atoms in total. The fourth-order valence-electron chi connectivity index (χ4n) is 2.76. The van der Waals surface area contributed by atoms with Gasteiger partial charge in [-0.05, 0) is 36.8 Å². The van der Waals surface area contributed by atoms with Gasteiger partial charge in [0.05, 0.1) is 11.4 Å². The van der Waals surface area contributed by atoms with Crippen LogP contribution in [0.25, 0.3) is 6.08 Å². The van der Waals surface area contributed by atoms with Crippen LogP contribution in [0.15, 0.2) is 54.6 Å². The Morgan fingerprint density at radius 3 is 2.39 bits per heavy atom. The number of carbonyl (C=O) groups is 2. The number of rotatable bonds is 2. The second-order valence-electron chi connectivity index (χ2n) is 5.44. The van der Waals surface area contributed by atoms with Crippen molar-refractivity contribution in [3.63, 3.8) is 0 Å². The van der Waals surface area contributed by atoms with E-state index in [-0.39, 0.29) is 18.2 Å². The maximum atomic E-state index is 12.7. The molecule has 4 heteroatoms. The van der Waals surface area contributed by atoms with Crippen LogP contribution >= 0.6 is 0 Å². The Kier molecular flexibility index (Phi) is 3.98. The van der Waals surface area contributed by atoms with Crippen LogP contribution in [0.5, 0.6) is 0 Å². The first-order valence-corrected chi connectivity index (χ1v) is 7.53. The molecular formula is C19H18N2O2. The van der Waals surface area contributed by atoms with Gasteiger partial charge in [-0.25, -0.2) is 0 Å². The molecule has 2 aromatic carbocycles. The summed E-state index contributed by atoms with van der Waals surface area (Å²) in [6.07, 6.45) is 3.78. The fourth-order valence-corrected chi connectivity index (χ4v) is 2.76. The molecule has 0 atom stereocenters. The van der Waals surface area contributed by atoms with Gasteiger partial charge >= 0.3 is 0 Å². The van der Waals surface area contributed by atoms with E-state index >= 15 is 0 Å². The van der Waals surface area contributed by atoms with E-state index in [0.29, 0.717) is 0 Å². The van der Waals surface area contributed by atoms with Crippen molar-refractivity contribution in [2.24, 2.45) is 0 Å². The molecule has 1 heterocycles. The van der Waals surface area contributed by atoms with Gasteiger partial charge in [0, 0.05) is 12.7 Å². The van der Waals surface area contributed by atoms with Gasteiger partial charge in [0.1, 0.15) is 6.42 Å². The van der Waals surface area contributed by atoms with Gasteiger partial charge in [-0.2, -0.15) is 0 Å². The summed E-state index contributed by atoms with van der Waals surface area (Å²) in [5, 5.41) is 0. The molecule has 0 fully saturated rings. The van der Waals surface area contributed by atoms with E-state index < -0.39 is 0 Å². The zero-order chi connectivity index (χ0) is 16.4. The molecule has 2 aromatic rings. The number of fused-ring (bicyclic) bond motifs is 1. The van der Waals surface area contributed by atoms with Crippen molar-refractivity contribution in [3.8, 4) is 0 Å². The number of hydrogen-bond donors (Lipinski definition) is 0. The summed E-state index contributed by atoms with van der Waals surface area (Å²) in [6.45, 7) is 1.95. The fraction of sp³-hybridized carbons (Fsp3) is 0.158. The van der Waals surface area contributed by atoms with Crippen LogP contribution in [0.4, 0.5) is 17.1 Å². The smallest absolute Gasteiger partial charge is 0.241 e. The predicted octanol–water partition coefficient (Wildman–Crippen LogP) is 3.75. The average Bonchev–Trinajstić information content (AvgIpc) is 2.64. The van der Waals surface area contributed by atoms with E-state index in [2.05, 4.69) is 0 Å². The van der Waals surface area contributed by atoms with Gasteiger partial charge in [-0.3, -0.25) is 14.5 Å². The first-order chi connectivity index (χ1) is 11.1. The molecule has 0 unspecified atom stereocenters. The molecule has 0 aromatic heterocycles. The SMILES string of the molecule is CC=Cc1ccc2c(c1)N(c1ccccc1)C(=O)CC(=O)N2C. The van der Waals surface area contributed by atoms with Crippen LogP contribution in [0, 0.1) is 0 Å². The number of carbonyl (C=O) groups excluding carboxylic acids is 2. The molecule has 0 saturated carbocycles. The maximum absolute atomic E-state index is 12.7. The topological polar surface area (TPSA) is 40.6 Å². The van der Waals surface area contributed by atoms with Crippen molar-refractivity contribution in [2.75, 3.05) is 16.8 Å². The highest BCUT2D eigenvalue weighted by Gasteiger charge is 2.30. The molecule has 0 bridgehead atoms. The van der Waals surface area contributed by atoms with Crippen molar-refractivity contribution < 1.29 is 9.59 Å². The molecule has 116 valence electrons. The van der Waals surface area contributed by atoms with Crippen molar-refractivity contribution >= 4 is 35.0 Å². The molecule has 0 spiro atoms. The highest BCUT2D eigenvalue weighted by Crippen LogP contribution is 2.38. The lowest BCUT2D eigenvalue weighted by molar-refractivity contribution is -0.125. The third kappa shape index (κ3) is 2.75.